The van der Waals surface area contributed by atoms with Crippen molar-refractivity contribution >= 4 is 16.9 Å². The Morgan fingerprint density at radius 2 is 1.78 bits per heavy atom. The zero-order valence-electron chi connectivity index (χ0n) is 14.9. The minimum Gasteiger partial charge on any atom is -0.465 e. The SMILES string of the molecule is COC(=O)c1cccc(Cn2c(-c3ccccc3)cc3cc(F)ccc32)c1. The van der Waals surface area contributed by atoms with E-state index in [0.717, 1.165) is 27.7 Å². The Labute approximate surface area is 156 Å². The highest BCUT2D eigenvalue weighted by atomic mass is 19.1. The monoisotopic (exact) mass is 359 g/mol. The fourth-order valence-corrected chi connectivity index (χ4v) is 3.36. The minimum absolute atomic E-state index is 0.257. The number of carbonyl (C=O) groups excluding carboxylic acids is 1. The Kier molecular flexibility index (Phi) is 4.47. The van der Waals surface area contributed by atoms with Crippen LogP contribution >= 0.6 is 0 Å². The van der Waals surface area contributed by atoms with Crippen LogP contribution < -0.4 is 0 Å². The summed E-state index contributed by atoms with van der Waals surface area (Å²) in [4.78, 5) is 11.8. The molecule has 0 spiro atoms. The highest BCUT2D eigenvalue weighted by Gasteiger charge is 2.13. The molecule has 0 amide bonds. The lowest BCUT2D eigenvalue weighted by Gasteiger charge is -2.12. The van der Waals surface area contributed by atoms with Gasteiger partial charge in [-0.05, 0) is 47.5 Å². The Morgan fingerprint density at radius 1 is 0.963 bits per heavy atom. The number of hydrogen-bond donors (Lipinski definition) is 0. The van der Waals surface area contributed by atoms with Gasteiger partial charge in [-0.25, -0.2) is 9.18 Å². The summed E-state index contributed by atoms with van der Waals surface area (Å²) >= 11 is 0. The van der Waals surface area contributed by atoms with E-state index in [1.165, 1.54) is 13.2 Å². The second-order valence-electron chi connectivity index (χ2n) is 6.38. The van der Waals surface area contributed by atoms with Gasteiger partial charge in [-0.1, -0.05) is 42.5 Å². The van der Waals surface area contributed by atoms with Gasteiger partial charge in [0.05, 0.1) is 12.7 Å². The third-order valence-electron chi connectivity index (χ3n) is 4.62. The van der Waals surface area contributed by atoms with Crippen molar-refractivity contribution in [3.8, 4) is 11.3 Å². The van der Waals surface area contributed by atoms with Crippen LogP contribution in [0.2, 0.25) is 0 Å². The van der Waals surface area contributed by atoms with Crippen LogP contribution in [0.3, 0.4) is 0 Å². The van der Waals surface area contributed by atoms with E-state index in [0.29, 0.717) is 12.1 Å². The highest BCUT2D eigenvalue weighted by Crippen LogP contribution is 2.29. The number of ether oxygens (including phenoxy) is 1. The Balaban J connectivity index is 1.84. The van der Waals surface area contributed by atoms with Crippen LogP contribution in [-0.4, -0.2) is 17.6 Å². The molecule has 4 rings (SSSR count). The lowest BCUT2D eigenvalue weighted by molar-refractivity contribution is 0.0600. The third kappa shape index (κ3) is 3.34. The van der Waals surface area contributed by atoms with Crippen molar-refractivity contribution in [2.45, 2.75) is 6.54 Å². The molecule has 0 bridgehead atoms. The van der Waals surface area contributed by atoms with Gasteiger partial charge in [0.2, 0.25) is 0 Å². The molecule has 4 aromatic rings. The van der Waals surface area contributed by atoms with E-state index in [-0.39, 0.29) is 11.8 Å². The van der Waals surface area contributed by atoms with Crippen LogP contribution in [-0.2, 0) is 11.3 Å². The number of aromatic nitrogens is 1. The van der Waals surface area contributed by atoms with E-state index < -0.39 is 0 Å². The average molecular weight is 359 g/mol. The molecule has 3 nitrogen and oxygen atoms in total. The van der Waals surface area contributed by atoms with Crippen LogP contribution in [0.1, 0.15) is 15.9 Å². The van der Waals surface area contributed by atoms with Crippen molar-refractivity contribution in [2.75, 3.05) is 7.11 Å². The molecule has 0 atom stereocenters. The number of esters is 1. The zero-order chi connectivity index (χ0) is 18.8. The first-order valence-corrected chi connectivity index (χ1v) is 8.67. The molecule has 0 saturated carbocycles. The maximum absolute atomic E-state index is 13.7. The molecule has 0 N–H and O–H groups in total. The standard InChI is InChI=1S/C23H18FNO2/c1-27-23(26)18-9-5-6-16(12-18)15-25-21-11-10-20(24)13-19(21)14-22(25)17-7-3-2-4-8-17/h2-14H,15H2,1H3. The van der Waals surface area contributed by atoms with Crippen LogP contribution in [0.25, 0.3) is 22.2 Å². The van der Waals surface area contributed by atoms with Crippen molar-refractivity contribution in [2.24, 2.45) is 0 Å². The van der Waals surface area contributed by atoms with Crippen LogP contribution in [0.5, 0.6) is 0 Å². The van der Waals surface area contributed by atoms with Crippen LogP contribution in [0.15, 0.2) is 78.9 Å². The third-order valence-corrected chi connectivity index (χ3v) is 4.62. The first kappa shape index (κ1) is 17.0. The largest absolute Gasteiger partial charge is 0.465 e. The number of methoxy groups -OCH3 is 1. The maximum Gasteiger partial charge on any atom is 0.337 e. The number of halogens is 1. The van der Waals surface area contributed by atoms with Gasteiger partial charge in [0, 0.05) is 23.1 Å². The van der Waals surface area contributed by atoms with Gasteiger partial charge < -0.3 is 9.30 Å². The molecule has 134 valence electrons. The predicted octanol–water partition coefficient (Wildman–Crippen LogP) is 5.28. The van der Waals surface area contributed by atoms with Crippen LogP contribution in [0, 0.1) is 5.82 Å². The Hall–Kier alpha value is -3.40. The van der Waals surface area contributed by atoms with Crippen molar-refractivity contribution in [1.29, 1.82) is 0 Å². The molecule has 0 aliphatic rings. The number of fused-ring (bicyclic) bond motifs is 1. The minimum atomic E-state index is -0.362. The number of benzene rings is 3. The molecule has 27 heavy (non-hydrogen) atoms. The van der Waals surface area contributed by atoms with E-state index in [4.69, 9.17) is 4.74 Å². The van der Waals surface area contributed by atoms with E-state index in [9.17, 15) is 9.18 Å². The fraction of sp³-hybridized carbons (Fsp3) is 0.0870. The fourth-order valence-electron chi connectivity index (χ4n) is 3.36. The van der Waals surface area contributed by atoms with E-state index in [1.807, 2.05) is 54.6 Å². The molecule has 0 unspecified atom stereocenters. The van der Waals surface area contributed by atoms with Gasteiger partial charge in [0.1, 0.15) is 5.82 Å². The van der Waals surface area contributed by atoms with Crippen molar-refractivity contribution < 1.29 is 13.9 Å². The first-order valence-electron chi connectivity index (χ1n) is 8.67. The highest BCUT2D eigenvalue weighted by molar-refractivity contribution is 5.90. The van der Waals surface area contributed by atoms with Crippen LogP contribution in [0.4, 0.5) is 4.39 Å². The smallest absolute Gasteiger partial charge is 0.337 e. The lowest BCUT2D eigenvalue weighted by Crippen LogP contribution is -2.05. The van der Waals surface area contributed by atoms with E-state index in [1.54, 1.807) is 18.2 Å². The molecule has 0 saturated heterocycles. The predicted molar refractivity (Wildman–Crippen MR) is 104 cm³/mol. The van der Waals surface area contributed by atoms with Crippen molar-refractivity contribution in [1.82, 2.24) is 4.57 Å². The normalized spacial score (nSPS) is 10.9. The quantitative estimate of drug-likeness (QED) is 0.464. The number of rotatable bonds is 4. The molecule has 0 fully saturated rings. The summed E-state index contributed by atoms with van der Waals surface area (Å²) in [7, 11) is 1.37. The topological polar surface area (TPSA) is 31.2 Å². The van der Waals surface area contributed by atoms with Gasteiger partial charge in [0.25, 0.3) is 0 Å². The number of nitrogens with zero attached hydrogens (tertiary/aromatic N) is 1. The molecular formula is C23H18FNO2. The summed E-state index contributed by atoms with van der Waals surface area (Å²) in [5.74, 6) is -0.619. The van der Waals surface area contributed by atoms with Crippen molar-refractivity contribution in [3.05, 3.63) is 95.8 Å². The summed E-state index contributed by atoms with van der Waals surface area (Å²) in [5.41, 5.74) is 4.48. The molecule has 1 aromatic heterocycles. The van der Waals surface area contributed by atoms with Crippen molar-refractivity contribution in [3.63, 3.8) is 0 Å². The Bertz CT molecular complexity index is 1120. The van der Waals surface area contributed by atoms with Gasteiger partial charge in [-0.15, -0.1) is 0 Å². The van der Waals surface area contributed by atoms with E-state index in [2.05, 4.69) is 4.57 Å². The number of carbonyl (C=O) groups is 1. The molecular weight excluding hydrogens is 341 g/mol. The van der Waals surface area contributed by atoms with Gasteiger partial charge >= 0.3 is 5.97 Å². The maximum atomic E-state index is 13.7. The molecule has 0 aliphatic carbocycles. The summed E-state index contributed by atoms with van der Waals surface area (Å²) < 4.78 is 20.7. The van der Waals surface area contributed by atoms with Gasteiger partial charge in [-0.2, -0.15) is 0 Å². The van der Waals surface area contributed by atoms with Gasteiger partial charge in [0.15, 0.2) is 0 Å². The molecule has 3 aromatic carbocycles. The first-order chi connectivity index (χ1) is 13.2. The van der Waals surface area contributed by atoms with E-state index >= 15 is 0 Å². The lowest BCUT2D eigenvalue weighted by atomic mass is 10.1. The average Bonchev–Trinajstić information content (AvgIpc) is 3.05. The second-order valence-corrected chi connectivity index (χ2v) is 6.38. The second kappa shape index (κ2) is 7.08. The number of hydrogen-bond acceptors (Lipinski definition) is 2. The zero-order valence-corrected chi connectivity index (χ0v) is 14.9. The summed E-state index contributed by atoms with van der Waals surface area (Å²) in [6.45, 7) is 0.560. The molecule has 0 radical (unpaired) electrons. The molecule has 1 heterocycles. The summed E-state index contributed by atoms with van der Waals surface area (Å²) in [6.07, 6.45) is 0. The van der Waals surface area contributed by atoms with Gasteiger partial charge in [-0.3, -0.25) is 0 Å². The molecule has 4 heteroatoms. The molecule has 0 aliphatic heterocycles. The summed E-state index contributed by atoms with van der Waals surface area (Å²) in [5, 5.41) is 0.845. The summed E-state index contributed by atoms with van der Waals surface area (Å²) in [6, 6.07) is 24.2. The Morgan fingerprint density at radius 3 is 2.56 bits per heavy atom.